The second-order valence-corrected chi connectivity index (χ2v) is 8.91. The molecule has 0 saturated heterocycles. The summed E-state index contributed by atoms with van der Waals surface area (Å²) in [4.78, 5) is 28.0. The molecule has 0 aliphatic heterocycles. The number of amides is 1. The number of nitrogens with zero attached hydrogens (tertiary/aromatic N) is 3. The molecule has 0 aliphatic carbocycles. The average molecular weight is 480 g/mol. The third-order valence-electron chi connectivity index (χ3n) is 5.23. The van der Waals surface area contributed by atoms with Crippen molar-refractivity contribution in [3.8, 4) is 5.75 Å². The second kappa shape index (κ2) is 9.82. The quantitative estimate of drug-likeness (QED) is 0.267. The minimum atomic E-state index is -0.217. The van der Waals surface area contributed by atoms with Gasteiger partial charge in [0, 0.05) is 26.7 Å². The van der Waals surface area contributed by atoms with Gasteiger partial charge >= 0.3 is 0 Å². The maximum absolute atomic E-state index is 13.0. The molecule has 35 heavy (non-hydrogen) atoms. The van der Waals surface area contributed by atoms with Crippen LogP contribution in [0.15, 0.2) is 101 Å². The molecule has 0 saturated carbocycles. The van der Waals surface area contributed by atoms with Gasteiger partial charge in [-0.1, -0.05) is 30.0 Å². The van der Waals surface area contributed by atoms with Crippen LogP contribution in [0.25, 0.3) is 11.0 Å². The van der Waals surface area contributed by atoms with Crippen molar-refractivity contribution in [1.82, 2.24) is 15.0 Å². The Morgan fingerprint density at radius 1 is 0.914 bits per heavy atom. The number of aromatic nitrogens is 3. The monoisotopic (exact) mass is 479 g/mol. The molecule has 0 bridgehead atoms. The number of carbonyl (C=O) groups excluding carboxylic acids is 1. The van der Waals surface area contributed by atoms with Gasteiger partial charge in [0.05, 0.1) is 11.1 Å². The SMILES string of the molecule is Cc1ccc2c(Nc3cc(C(=O)Nc4ccccc4)ccc3Sc3ccc(O)cc3)ncnc2n1. The van der Waals surface area contributed by atoms with Crippen molar-refractivity contribution in [3.63, 3.8) is 0 Å². The lowest BCUT2D eigenvalue weighted by molar-refractivity contribution is 0.102. The van der Waals surface area contributed by atoms with E-state index in [1.165, 1.54) is 18.1 Å². The molecule has 0 radical (unpaired) electrons. The van der Waals surface area contributed by atoms with Crippen LogP contribution in [0.4, 0.5) is 17.2 Å². The summed E-state index contributed by atoms with van der Waals surface area (Å²) in [6.07, 6.45) is 1.47. The van der Waals surface area contributed by atoms with Crippen molar-refractivity contribution in [2.75, 3.05) is 10.6 Å². The standard InChI is InChI=1S/C27H21N5O2S/c1-17-7-13-22-25(30-17)28-16-29-26(22)32-23-15-18(27(34)31-19-5-3-2-4-6-19)8-14-24(23)35-21-11-9-20(33)10-12-21/h2-16,33H,1H3,(H,31,34)(H,28,29,30,32). The molecule has 5 rings (SSSR count). The number of anilines is 3. The Morgan fingerprint density at radius 2 is 1.71 bits per heavy atom. The van der Waals surface area contributed by atoms with E-state index in [9.17, 15) is 9.90 Å². The van der Waals surface area contributed by atoms with Gasteiger partial charge in [-0.2, -0.15) is 0 Å². The van der Waals surface area contributed by atoms with Crippen LogP contribution in [0, 0.1) is 6.92 Å². The van der Waals surface area contributed by atoms with E-state index < -0.39 is 0 Å². The predicted molar refractivity (Wildman–Crippen MR) is 138 cm³/mol. The molecule has 5 aromatic rings. The average Bonchev–Trinajstić information content (AvgIpc) is 2.87. The van der Waals surface area contributed by atoms with E-state index in [4.69, 9.17) is 0 Å². The van der Waals surface area contributed by atoms with Crippen LogP contribution in [0.2, 0.25) is 0 Å². The van der Waals surface area contributed by atoms with Gasteiger partial charge in [-0.3, -0.25) is 4.79 Å². The number of hydrogen-bond donors (Lipinski definition) is 3. The van der Waals surface area contributed by atoms with Crippen LogP contribution in [-0.2, 0) is 0 Å². The van der Waals surface area contributed by atoms with E-state index >= 15 is 0 Å². The minimum absolute atomic E-state index is 0.205. The molecule has 8 heteroatoms. The molecule has 2 heterocycles. The highest BCUT2D eigenvalue weighted by molar-refractivity contribution is 7.99. The number of carbonyl (C=O) groups is 1. The molecule has 0 spiro atoms. The zero-order valence-corrected chi connectivity index (χ0v) is 19.6. The number of nitrogens with one attached hydrogen (secondary N) is 2. The summed E-state index contributed by atoms with van der Waals surface area (Å²) in [7, 11) is 0. The lowest BCUT2D eigenvalue weighted by Gasteiger charge is -2.15. The van der Waals surface area contributed by atoms with Crippen LogP contribution < -0.4 is 10.6 Å². The third-order valence-corrected chi connectivity index (χ3v) is 6.31. The number of benzene rings is 3. The smallest absolute Gasteiger partial charge is 0.255 e. The van der Waals surface area contributed by atoms with Gasteiger partial charge < -0.3 is 15.7 Å². The number of fused-ring (bicyclic) bond motifs is 1. The Labute approximate surface area is 206 Å². The third kappa shape index (κ3) is 5.23. The van der Waals surface area contributed by atoms with E-state index in [2.05, 4.69) is 25.6 Å². The van der Waals surface area contributed by atoms with Crippen molar-refractivity contribution >= 4 is 45.9 Å². The Morgan fingerprint density at radius 3 is 2.51 bits per heavy atom. The number of hydrogen-bond acceptors (Lipinski definition) is 7. The number of phenols is 1. The van der Waals surface area contributed by atoms with Gasteiger partial charge in [-0.25, -0.2) is 15.0 Å². The Hall–Kier alpha value is -4.43. The fraction of sp³-hybridized carbons (Fsp3) is 0.0370. The van der Waals surface area contributed by atoms with E-state index in [1.807, 2.05) is 67.6 Å². The summed E-state index contributed by atoms with van der Waals surface area (Å²) in [5, 5.41) is 16.7. The minimum Gasteiger partial charge on any atom is -0.508 e. The van der Waals surface area contributed by atoms with Crippen LogP contribution in [0.5, 0.6) is 5.75 Å². The maximum atomic E-state index is 13.0. The summed E-state index contributed by atoms with van der Waals surface area (Å²) in [5.41, 5.74) is 3.39. The first-order valence-corrected chi connectivity index (χ1v) is 11.7. The number of pyridine rings is 1. The number of phenolic OH excluding ortho intramolecular Hbond substituents is 1. The first kappa shape index (κ1) is 22.4. The van der Waals surface area contributed by atoms with E-state index in [0.717, 1.165) is 26.6 Å². The molecular weight excluding hydrogens is 458 g/mol. The first-order chi connectivity index (χ1) is 17.0. The van der Waals surface area contributed by atoms with Crippen LogP contribution in [-0.4, -0.2) is 26.0 Å². The van der Waals surface area contributed by atoms with Gasteiger partial charge in [0.15, 0.2) is 5.65 Å². The number of aromatic hydroxyl groups is 1. The van der Waals surface area contributed by atoms with E-state index in [1.54, 1.807) is 24.3 Å². The molecule has 7 nitrogen and oxygen atoms in total. The number of rotatable bonds is 6. The highest BCUT2D eigenvalue weighted by Gasteiger charge is 2.14. The lowest BCUT2D eigenvalue weighted by Crippen LogP contribution is -2.12. The Balaban J connectivity index is 1.52. The van der Waals surface area contributed by atoms with Gasteiger partial charge in [-0.05, 0) is 73.7 Å². The molecule has 2 aromatic heterocycles. The van der Waals surface area contributed by atoms with Gasteiger partial charge in [-0.15, -0.1) is 0 Å². The summed E-state index contributed by atoms with van der Waals surface area (Å²) in [5.74, 6) is 0.580. The zero-order valence-electron chi connectivity index (χ0n) is 18.8. The van der Waals surface area contributed by atoms with Crippen molar-refractivity contribution in [2.45, 2.75) is 16.7 Å². The van der Waals surface area contributed by atoms with Crippen LogP contribution in [0.1, 0.15) is 16.1 Å². The molecular formula is C27H21N5O2S. The summed E-state index contributed by atoms with van der Waals surface area (Å²) in [6, 6.07) is 25.6. The lowest BCUT2D eigenvalue weighted by atomic mass is 10.1. The first-order valence-electron chi connectivity index (χ1n) is 10.9. The zero-order chi connectivity index (χ0) is 24.2. The van der Waals surface area contributed by atoms with E-state index in [0.29, 0.717) is 22.7 Å². The molecule has 0 fully saturated rings. The molecule has 3 aromatic carbocycles. The Kier molecular flexibility index (Phi) is 6.28. The van der Waals surface area contributed by atoms with Crippen molar-refractivity contribution in [3.05, 3.63) is 103 Å². The predicted octanol–water partition coefficient (Wildman–Crippen LogP) is 6.19. The molecule has 3 N–H and O–H groups in total. The van der Waals surface area contributed by atoms with Crippen molar-refractivity contribution < 1.29 is 9.90 Å². The van der Waals surface area contributed by atoms with E-state index in [-0.39, 0.29) is 11.7 Å². The van der Waals surface area contributed by atoms with Crippen molar-refractivity contribution in [2.24, 2.45) is 0 Å². The number of aryl methyl sites for hydroxylation is 1. The van der Waals surface area contributed by atoms with Crippen LogP contribution >= 0.6 is 11.8 Å². The summed E-state index contributed by atoms with van der Waals surface area (Å²) in [6.45, 7) is 1.91. The fourth-order valence-electron chi connectivity index (χ4n) is 3.49. The van der Waals surface area contributed by atoms with Gasteiger partial charge in [0.1, 0.15) is 17.9 Å². The normalized spacial score (nSPS) is 10.8. The van der Waals surface area contributed by atoms with Crippen molar-refractivity contribution in [1.29, 1.82) is 0 Å². The van der Waals surface area contributed by atoms with Gasteiger partial charge in [0.2, 0.25) is 0 Å². The maximum Gasteiger partial charge on any atom is 0.255 e. The number of para-hydroxylation sites is 1. The van der Waals surface area contributed by atoms with Crippen LogP contribution in [0.3, 0.4) is 0 Å². The molecule has 1 amide bonds. The Bertz CT molecular complexity index is 1510. The fourth-order valence-corrected chi connectivity index (χ4v) is 4.37. The highest BCUT2D eigenvalue weighted by atomic mass is 32.2. The summed E-state index contributed by atoms with van der Waals surface area (Å²) < 4.78 is 0. The largest absolute Gasteiger partial charge is 0.508 e. The molecule has 0 aliphatic rings. The molecule has 0 atom stereocenters. The topological polar surface area (TPSA) is 100 Å². The second-order valence-electron chi connectivity index (χ2n) is 7.80. The molecule has 172 valence electrons. The molecule has 0 unspecified atom stereocenters. The van der Waals surface area contributed by atoms with Gasteiger partial charge in [0.25, 0.3) is 5.91 Å². The summed E-state index contributed by atoms with van der Waals surface area (Å²) >= 11 is 1.51. The highest BCUT2D eigenvalue weighted by Crippen LogP contribution is 2.37.